The number of hydrogen-bond acceptors (Lipinski definition) is 4. The first-order valence-corrected chi connectivity index (χ1v) is 11.1. The van der Waals surface area contributed by atoms with Crippen molar-refractivity contribution < 1.29 is 17.9 Å². The second kappa shape index (κ2) is 8.30. The Bertz CT molecular complexity index is 1180. The quantitative estimate of drug-likeness (QED) is 0.654. The fraction of sp³-hybridized carbons (Fsp3) is 0.174. The Hall–Kier alpha value is -3.16. The monoisotopic (exact) mass is 422 g/mol. The van der Waals surface area contributed by atoms with Gasteiger partial charge in [-0.3, -0.25) is 4.79 Å². The van der Waals surface area contributed by atoms with E-state index in [-0.39, 0.29) is 17.3 Å². The summed E-state index contributed by atoms with van der Waals surface area (Å²) in [5.74, 6) is 1.31. The van der Waals surface area contributed by atoms with Crippen molar-refractivity contribution in [2.45, 2.75) is 24.8 Å². The number of rotatable bonds is 6. The minimum Gasteiger partial charge on any atom is -0.457 e. The van der Waals surface area contributed by atoms with E-state index in [0.29, 0.717) is 24.5 Å². The molecule has 1 aliphatic rings. The van der Waals surface area contributed by atoms with Crippen molar-refractivity contribution in [3.05, 3.63) is 83.9 Å². The van der Waals surface area contributed by atoms with Crippen LogP contribution in [-0.4, -0.2) is 20.9 Å². The molecule has 7 heteroatoms. The number of ether oxygens (including phenoxy) is 1. The zero-order valence-corrected chi connectivity index (χ0v) is 17.4. The van der Waals surface area contributed by atoms with Crippen LogP contribution in [0.4, 0.5) is 5.69 Å². The van der Waals surface area contributed by atoms with Crippen LogP contribution in [0.25, 0.3) is 0 Å². The van der Waals surface area contributed by atoms with Crippen molar-refractivity contribution in [1.82, 2.24) is 4.72 Å². The lowest BCUT2D eigenvalue weighted by Gasteiger charge is -2.15. The fourth-order valence-electron chi connectivity index (χ4n) is 3.48. The predicted molar refractivity (Wildman–Crippen MR) is 115 cm³/mol. The summed E-state index contributed by atoms with van der Waals surface area (Å²) in [7, 11) is -3.68. The first-order valence-electron chi connectivity index (χ1n) is 9.65. The summed E-state index contributed by atoms with van der Waals surface area (Å²) in [6, 6.07) is 21.6. The molecular weight excluding hydrogens is 400 g/mol. The van der Waals surface area contributed by atoms with Gasteiger partial charge in [-0.05, 0) is 60.0 Å². The molecule has 0 atom stereocenters. The van der Waals surface area contributed by atoms with Gasteiger partial charge in [0.1, 0.15) is 11.5 Å². The number of nitrogens with zero attached hydrogens (tertiary/aromatic N) is 1. The first kappa shape index (κ1) is 20.1. The molecule has 30 heavy (non-hydrogen) atoms. The topological polar surface area (TPSA) is 75.7 Å². The third kappa shape index (κ3) is 4.37. The molecule has 1 heterocycles. The molecule has 0 aromatic heterocycles. The van der Waals surface area contributed by atoms with Gasteiger partial charge in [-0.25, -0.2) is 13.1 Å². The van der Waals surface area contributed by atoms with Crippen molar-refractivity contribution in [2.24, 2.45) is 0 Å². The Morgan fingerprint density at radius 3 is 2.53 bits per heavy atom. The molecule has 154 valence electrons. The molecule has 0 radical (unpaired) electrons. The molecule has 0 fully saturated rings. The van der Waals surface area contributed by atoms with Gasteiger partial charge in [0, 0.05) is 25.7 Å². The van der Waals surface area contributed by atoms with Crippen molar-refractivity contribution in [1.29, 1.82) is 0 Å². The summed E-state index contributed by atoms with van der Waals surface area (Å²) < 4.78 is 34.0. The molecule has 3 aromatic rings. The summed E-state index contributed by atoms with van der Waals surface area (Å²) in [4.78, 5) is 13.5. The SMILES string of the molecule is CC(=O)N1CCc2cc(S(=O)(=O)NCc3cccc(Oc4ccccc4)c3)ccc21. The number of nitrogens with one attached hydrogen (secondary N) is 1. The number of fused-ring (bicyclic) bond motifs is 1. The van der Waals surface area contributed by atoms with Gasteiger partial charge in [-0.2, -0.15) is 0 Å². The standard InChI is InChI=1S/C23H22N2O4S/c1-17(26)25-13-12-19-15-22(10-11-23(19)25)30(27,28)24-16-18-6-5-9-21(14-18)29-20-7-3-2-4-8-20/h2-11,14-15,24H,12-13,16H2,1H3. The lowest BCUT2D eigenvalue weighted by atomic mass is 10.2. The largest absolute Gasteiger partial charge is 0.457 e. The molecule has 1 amide bonds. The third-order valence-corrected chi connectivity index (χ3v) is 6.38. The second-order valence-corrected chi connectivity index (χ2v) is 8.87. The Morgan fingerprint density at radius 2 is 1.77 bits per heavy atom. The van der Waals surface area contributed by atoms with Crippen LogP contribution in [-0.2, 0) is 27.8 Å². The van der Waals surface area contributed by atoms with Gasteiger partial charge >= 0.3 is 0 Å². The average molecular weight is 423 g/mol. The number of carbonyl (C=O) groups is 1. The van der Waals surface area contributed by atoms with E-state index in [2.05, 4.69) is 4.72 Å². The molecule has 0 bridgehead atoms. The summed E-state index contributed by atoms with van der Waals surface area (Å²) in [5.41, 5.74) is 2.44. The van der Waals surface area contributed by atoms with E-state index in [1.807, 2.05) is 54.6 Å². The average Bonchev–Trinajstić information content (AvgIpc) is 3.17. The molecule has 6 nitrogen and oxygen atoms in total. The molecule has 1 aliphatic heterocycles. The van der Waals surface area contributed by atoms with Crippen LogP contribution in [0.15, 0.2) is 77.7 Å². The zero-order valence-electron chi connectivity index (χ0n) is 16.5. The fourth-order valence-corrected chi connectivity index (χ4v) is 4.55. The van der Waals surface area contributed by atoms with Gasteiger partial charge in [0.25, 0.3) is 0 Å². The smallest absolute Gasteiger partial charge is 0.240 e. The van der Waals surface area contributed by atoms with Gasteiger partial charge in [-0.15, -0.1) is 0 Å². The highest BCUT2D eigenvalue weighted by Crippen LogP contribution is 2.30. The molecular formula is C23H22N2O4S. The number of benzene rings is 3. The summed E-state index contributed by atoms with van der Waals surface area (Å²) in [5, 5.41) is 0. The highest BCUT2D eigenvalue weighted by molar-refractivity contribution is 7.89. The molecule has 0 unspecified atom stereocenters. The molecule has 3 aromatic carbocycles. The van der Waals surface area contributed by atoms with Gasteiger partial charge < -0.3 is 9.64 Å². The Morgan fingerprint density at radius 1 is 1.00 bits per heavy atom. The maximum atomic E-state index is 12.8. The van der Waals surface area contributed by atoms with E-state index in [4.69, 9.17) is 4.74 Å². The second-order valence-electron chi connectivity index (χ2n) is 7.10. The molecule has 0 aliphatic carbocycles. The predicted octanol–water partition coefficient (Wildman–Crippen LogP) is 3.87. The minimum atomic E-state index is -3.68. The molecule has 0 spiro atoms. The number of hydrogen-bond donors (Lipinski definition) is 1. The number of amides is 1. The maximum absolute atomic E-state index is 12.8. The van der Waals surface area contributed by atoms with E-state index in [0.717, 1.165) is 16.8 Å². The van der Waals surface area contributed by atoms with E-state index in [1.165, 1.54) is 13.0 Å². The highest BCUT2D eigenvalue weighted by atomic mass is 32.2. The normalized spacial score (nSPS) is 13.2. The number of para-hydroxylation sites is 1. The van der Waals surface area contributed by atoms with E-state index >= 15 is 0 Å². The van der Waals surface area contributed by atoms with Crippen molar-refractivity contribution in [3.8, 4) is 11.5 Å². The van der Waals surface area contributed by atoms with E-state index in [9.17, 15) is 13.2 Å². The van der Waals surface area contributed by atoms with Crippen LogP contribution in [0.1, 0.15) is 18.1 Å². The van der Waals surface area contributed by atoms with Crippen LogP contribution in [0.3, 0.4) is 0 Å². The first-order chi connectivity index (χ1) is 14.4. The molecule has 1 N–H and O–H groups in total. The van der Waals surface area contributed by atoms with E-state index in [1.54, 1.807) is 17.0 Å². The van der Waals surface area contributed by atoms with Gasteiger partial charge in [0.15, 0.2) is 0 Å². The van der Waals surface area contributed by atoms with Crippen LogP contribution in [0.2, 0.25) is 0 Å². The maximum Gasteiger partial charge on any atom is 0.240 e. The lowest BCUT2D eigenvalue weighted by molar-refractivity contribution is -0.116. The van der Waals surface area contributed by atoms with Crippen LogP contribution in [0.5, 0.6) is 11.5 Å². The van der Waals surface area contributed by atoms with Crippen molar-refractivity contribution in [2.75, 3.05) is 11.4 Å². The highest BCUT2D eigenvalue weighted by Gasteiger charge is 2.24. The molecule has 0 saturated carbocycles. The zero-order chi connectivity index (χ0) is 21.1. The van der Waals surface area contributed by atoms with Crippen molar-refractivity contribution >= 4 is 21.6 Å². The number of carbonyl (C=O) groups excluding carboxylic acids is 1. The molecule has 0 saturated heterocycles. The van der Waals surface area contributed by atoms with Crippen LogP contribution >= 0.6 is 0 Å². The number of anilines is 1. The lowest BCUT2D eigenvalue weighted by Crippen LogP contribution is -2.26. The number of sulfonamides is 1. The summed E-state index contributed by atoms with van der Waals surface area (Å²) in [6.07, 6.45) is 0.650. The van der Waals surface area contributed by atoms with Crippen LogP contribution < -0.4 is 14.4 Å². The van der Waals surface area contributed by atoms with Gasteiger partial charge in [-0.1, -0.05) is 30.3 Å². The summed E-state index contributed by atoms with van der Waals surface area (Å²) in [6.45, 7) is 2.23. The van der Waals surface area contributed by atoms with E-state index < -0.39 is 10.0 Å². The minimum absolute atomic E-state index is 0.0416. The third-order valence-electron chi connectivity index (χ3n) is 4.98. The Labute approximate surface area is 176 Å². The Kier molecular flexibility index (Phi) is 5.57. The van der Waals surface area contributed by atoms with Gasteiger partial charge in [0.2, 0.25) is 15.9 Å². The summed E-state index contributed by atoms with van der Waals surface area (Å²) >= 11 is 0. The Balaban J connectivity index is 1.46. The van der Waals surface area contributed by atoms with Gasteiger partial charge in [0.05, 0.1) is 4.90 Å². The molecule has 4 rings (SSSR count). The van der Waals surface area contributed by atoms with Crippen molar-refractivity contribution in [3.63, 3.8) is 0 Å². The van der Waals surface area contributed by atoms with Crippen LogP contribution in [0, 0.1) is 0 Å².